The van der Waals surface area contributed by atoms with Gasteiger partial charge >= 0.3 is 0 Å². The van der Waals surface area contributed by atoms with Crippen LogP contribution in [-0.2, 0) is 16.1 Å². The number of ether oxygens (including phenoxy) is 1. The van der Waals surface area contributed by atoms with Crippen LogP contribution in [0.2, 0.25) is 0 Å². The minimum atomic E-state index is -0.195. The number of hydrogen-bond donors (Lipinski definition) is 1. The molecule has 2 aliphatic heterocycles. The molecule has 2 aliphatic rings. The molecule has 0 spiro atoms. The maximum absolute atomic E-state index is 11.6. The van der Waals surface area contributed by atoms with E-state index in [-0.39, 0.29) is 17.4 Å². The van der Waals surface area contributed by atoms with Gasteiger partial charge in [-0.3, -0.25) is 19.6 Å². The molecule has 1 aromatic heterocycles. The number of primary amides is 1. The predicted octanol–water partition coefficient (Wildman–Crippen LogP) is 1.26. The van der Waals surface area contributed by atoms with Gasteiger partial charge in [-0.25, -0.2) is 0 Å². The Bertz CT molecular complexity index is 552. The number of amides is 1. The monoisotopic (exact) mass is 346 g/mol. The largest absolute Gasteiger partial charge is 0.381 e. The van der Waals surface area contributed by atoms with Crippen molar-refractivity contribution in [3.63, 3.8) is 0 Å². The number of piperazine rings is 1. The van der Waals surface area contributed by atoms with E-state index in [2.05, 4.69) is 20.9 Å². The standard InChI is InChI=1S/C19H30N4O2/c1-16(18(20)24)14-19(5-12-25-13-6-19)23-10-8-22(9-11-23)15-17-4-2-3-7-21-17/h2-4,7,16H,5-6,8-15H2,1H3,(H2,20,24). The van der Waals surface area contributed by atoms with E-state index in [1.807, 2.05) is 25.3 Å². The van der Waals surface area contributed by atoms with Crippen molar-refractivity contribution in [1.82, 2.24) is 14.8 Å². The van der Waals surface area contributed by atoms with E-state index in [1.54, 1.807) is 0 Å². The third-order valence-electron chi connectivity index (χ3n) is 5.75. The highest BCUT2D eigenvalue weighted by atomic mass is 16.5. The average molecular weight is 346 g/mol. The minimum Gasteiger partial charge on any atom is -0.381 e. The first-order chi connectivity index (χ1) is 12.1. The molecule has 3 heterocycles. The molecule has 2 N–H and O–H groups in total. The fourth-order valence-corrected chi connectivity index (χ4v) is 4.17. The van der Waals surface area contributed by atoms with Crippen LogP contribution < -0.4 is 5.73 Å². The third-order valence-corrected chi connectivity index (χ3v) is 5.75. The summed E-state index contributed by atoms with van der Waals surface area (Å²) in [6, 6.07) is 6.08. The Morgan fingerprint density at radius 2 is 2.00 bits per heavy atom. The summed E-state index contributed by atoms with van der Waals surface area (Å²) in [6.45, 7) is 8.53. The molecule has 25 heavy (non-hydrogen) atoms. The summed E-state index contributed by atoms with van der Waals surface area (Å²) in [5.41, 5.74) is 6.73. The van der Waals surface area contributed by atoms with Gasteiger partial charge in [-0.05, 0) is 31.4 Å². The Morgan fingerprint density at radius 1 is 1.28 bits per heavy atom. The van der Waals surface area contributed by atoms with E-state index in [4.69, 9.17) is 10.5 Å². The Morgan fingerprint density at radius 3 is 2.60 bits per heavy atom. The molecule has 1 aromatic rings. The van der Waals surface area contributed by atoms with E-state index in [1.165, 1.54) is 0 Å². The lowest BCUT2D eigenvalue weighted by atomic mass is 9.79. The van der Waals surface area contributed by atoms with Crippen LogP contribution in [0.3, 0.4) is 0 Å². The van der Waals surface area contributed by atoms with Gasteiger partial charge in [0, 0.05) is 63.6 Å². The highest BCUT2D eigenvalue weighted by Gasteiger charge is 2.41. The molecular weight excluding hydrogens is 316 g/mol. The number of nitrogens with two attached hydrogens (primary N) is 1. The molecule has 6 heteroatoms. The lowest BCUT2D eigenvalue weighted by Crippen LogP contribution is -2.59. The molecule has 6 nitrogen and oxygen atoms in total. The van der Waals surface area contributed by atoms with Crippen molar-refractivity contribution >= 4 is 5.91 Å². The molecule has 0 bridgehead atoms. The maximum atomic E-state index is 11.6. The quantitative estimate of drug-likeness (QED) is 0.840. The Labute approximate surface area is 150 Å². The van der Waals surface area contributed by atoms with Crippen LogP contribution in [0.1, 0.15) is 31.9 Å². The molecule has 1 atom stereocenters. The fourth-order valence-electron chi connectivity index (χ4n) is 4.17. The summed E-state index contributed by atoms with van der Waals surface area (Å²) in [5, 5.41) is 0. The van der Waals surface area contributed by atoms with Crippen molar-refractivity contribution in [2.75, 3.05) is 39.4 Å². The van der Waals surface area contributed by atoms with Crippen molar-refractivity contribution in [1.29, 1.82) is 0 Å². The van der Waals surface area contributed by atoms with E-state index in [0.29, 0.717) is 0 Å². The molecule has 138 valence electrons. The van der Waals surface area contributed by atoms with Gasteiger partial charge in [0.05, 0.1) is 5.69 Å². The van der Waals surface area contributed by atoms with Crippen LogP contribution in [0, 0.1) is 5.92 Å². The smallest absolute Gasteiger partial charge is 0.220 e. The lowest BCUT2D eigenvalue weighted by Gasteiger charge is -2.50. The molecule has 2 saturated heterocycles. The van der Waals surface area contributed by atoms with Crippen molar-refractivity contribution in [3.05, 3.63) is 30.1 Å². The molecule has 1 unspecified atom stereocenters. The van der Waals surface area contributed by atoms with Crippen LogP contribution in [0.5, 0.6) is 0 Å². The van der Waals surface area contributed by atoms with Gasteiger partial charge in [-0.2, -0.15) is 0 Å². The van der Waals surface area contributed by atoms with Crippen LogP contribution in [0.25, 0.3) is 0 Å². The third kappa shape index (κ3) is 4.57. The Balaban J connectivity index is 1.60. The predicted molar refractivity (Wildman–Crippen MR) is 96.8 cm³/mol. The molecule has 0 radical (unpaired) electrons. The van der Waals surface area contributed by atoms with Crippen LogP contribution in [0.4, 0.5) is 0 Å². The van der Waals surface area contributed by atoms with Gasteiger partial charge in [-0.15, -0.1) is 0 Å². The molecule has 0 aromatic carbocycles. The van der Waals surface area contributed by atoms with Gasteiger partial charge in [0.1, 0.15) is 0 Å². The van der Waals surface area contributed by atoms with E-state index < -0.39 is 0 Å². The zero-order valence-corrected chi connectivity index (χ0v) is 15.2. The van der Waals surface area contributed by atoms with Gasteiger partial charge in [0.2, 0.25) is 5.91 Å². The number of aromatic nitrogens is 1. The van der Waals surface area contributed by atoms with E-state index in [9.17, 15) is 4.79 Å². The summed E-state index contributed by atoms with van der Waals surface area (Å²) in [5.74, 6) is -0.288. The van der Waals surface area contributed by atoms with Crippen LogP contribution in [-0.4, -0.2) is 65.6 Å². The maximum Gasteiger partial charge on any atom is 0.220 e. The topological polar surface area (TPSA) is 71.7 Å². The van der Waals surface area contributed by atoms with E-state index in [0.717, 1.165) is 70.9 Å². The molecule has 3 rings (SSSR count). The molecular formula is C19H30N4O2. The summed E-state index contributed by atoms with van der Waals surface area (Å²) in [4.78, 5) is 21.1. The number of carbonyl (C=O) groups is 1. The number of rotatable bonds is 6. The molecule has 0 saturated carbocycles. The minimum absolute atomic E-state index is 0.0593. The zero-order valence-electron chi connectivity index (χ0n) is 15.2. The summed E-state index contributed by atoms with van der Waals surface area (Å²) in [6.07, 6.45) is 4.68. The first-order valence-corrected chi connectivity index (χ1v) is 9.33. The average Bonchev–Trinajstić information content (AvgIpc) is 2.64. The number of hydrogen-bond acceptors (Lipinski definition) is 5. The summed E-state index contributed by atoms with van der Waals surface area (Å²) < 4.78 is 5.60. The van der Waals surface area contributed by atoms with Gasteiger partial charge in [-0.1, -0.05) is 13.0 Å². The highest BCUT2D eigenvalue weighted by molar-refractivity contribution is 5.76. The number of nitrogens with zero attached hydrogens (tertiary/aromatic N) is 3. The number of pyridine rings is 1. The second kappa shape index (κ2) is 8.25. The Hall–Kier alpha value is -1.50. The van der Waals surface area contributed by atoms with Crippen LogP contribution >= 0.6 is 0 Å². The van der Waals surface area contributed by atoms with Crippen molar-refractivity contribution < 1.29 is 9.53 Å². The van der Waals surface area contributed by atoms with Crippen molar-refractivity contribution in [2.45, 2.75) is 38.3 Å². The van der Waals surface area contributed by atoms with Crippen molar-refractivity contribution in [3.8, 4) is 0 Å². The summed E-state index contributed by atoms with van der Waals surface area (Å²) >= 11 is 0. The van der Waals surface area contributed by atoms with Crippen LogP contribution in [0.15, 0.2) is 24.4 Å². The van der Waals surface area contributed by atoms with E-state index >= 15 is 0 Å². The second-order valence-corrected chi connectivity index (χ2v) is 7.43. The Kier molecular flexibility index (Phi) is 6.04. The summed E-state index contributed by atoms with van der Waals surface area (Å²) in [7, 11) is 0. The number of carbonyl (C=O) groups excluding carboxylic acids is 1. The molecule has 2 fully saturated rings. The zero-order chi connectivity index (χ0) is 17.7. The first-order valence-electron chi connectivity index (χ1n) is 9.33. The SMILES string of the molecule is CC(CC1(N2CCN(Cc3ccccn3)CC2)CCOCC1)C(N)=O. The van der Waals surface area contributed by atoms with Gasteiger partial charge in [0.15, 0.2) is 0 Å². The first kappa shape index (κ1) is 18.3. The highest BCUT2D eigenvalue weighted by Crippen LogP contribution is 2.35. The molecule has 0 aliphatic carbocycles. The van der Waals surface area contributed by atoms with Crippen molar-refractivity contribution in [2.24, 2.45) is 11.7 Å². The lowest BCUT2D eigenvalue weighted by molar-refractivity contribution is -0.124. The normalized spacial score (nSPS) is 23.2. The fraction of sp³-hybridized carbons (Fsp3) is 0.684. The second-order valence-electron chi connectivity index (χ2n) is 7.43. The van der Waals surface area contributed by atoms with Gasteiger partial charge < -0.3 is 10.5 Å². The van der Waals surface area contributed by atoms with Gasteiger partial charge in [0.25, 0.3) is 0 Å². The molecule has 1 amide bonds.